The lowest BCUT2D eigenvalue weighted by Gasteiger charge is -2.20. The molecule has 0 heterocycles. The second-order valence-electron chi connectivity index (χ2n) is 3.58. The highest BCUT2D eigenvalue weighted by atomic mass is 32.2. The number of hydrogen-bond donors (Lipinski definition) is 1. The van der Waals surface area contributed by atoms with Gasteiger partial charge in [-0.2, -0.15) is 8.42 Å². The van der Waals surface area contributed by atoms with Crippen LogP contribution in [0.2, 0.25) is 0 Å². The van der Waals surface area contributed by atoms with Crippen molar-refractivity contribution >= 4 is 10.1 Å². The predicted molar refractivity (Wildman–Crippen MR) is 47.6 cm³/mol. The molecule has 12 heavy (non-hydrogen) atoms. The van der Waals surface area contributed by atoms with Crippen molar-refractivity contribution in [3.8, 4) is 0 Å². The highest BCUT2D eigenvalue weighted by Crippen LogP contribution is 2.26. The maximum atomic E-state index is 10.4. The molecular weight excluding hydrogens is 176 g/mol. The standard InChI is InChI=1S/C8H16O3S/c9-12(10,11)7-6-8-4-2-1-3-5-8/h8H,1-7H2,(H,9,10,11). The van der Waals surface area contributed by atoms with E-state index in [1.165, 1.54) is 19.3 Å². The summed E-state index contributed by atoms with van der Waals surface area (Å²) in [6.07, 6.45) is 6.62. The van der Waals surface area contributed by atoms with Gasteiger partial charge in [-0.25, -0.2) is 0 Å². The minimum Gasteiger partial charge on any atom is -0.286 e. The van der Waals surface area contributed by atoms with Gasteiger partial charge in [-0.3, -0.25) is 4.55 Å². The Morgan fingerprint density at radius 1 is 1.17 bits per heavy atom. The van der Waals surface area contributed by atoms with E-state index < -0.39 is 10.1 Å². The molecule has 0 aromatic heterocycles. The molecule has 0 aromatic rings. The Labute approximate surface area is 73.9 Å². The Morgan fingerprint density at radius 3 is 2.25 bits per heavy atom. The fraction of sp³-hybridized carbons (Fsp3) is 1.00. The van der Waals surface area contributed by atoms with Gasteiger partial charge in [0.2, 0.25) is 0 Å². The van der Waals surface area contributed by atoms with Gasteiger partial charge in [0.05, 0.1) is 5.75 Å². The topological polar surface area (TPSA) is 54.4 Å². The highest BCUT2D eigenvalue weighted by molar-refractivity contribution is 7.85. The van der Waals surface area contributed by atoms with Gasteiger partial charge in [0.15, 0.2) is 0 Å². The largest absolute Gasteiger partial charge is 0.286 e. The molecule has 0 bridgehead atoms. The number of rotatable bonds is 3. The average molecular weight is 192 g/mol. The van der Waals surface area contributed by atoms with Crippen LogP contribution >= 0.6 is 0 Å². The summed E-state index contributed by atoms with van der Waals surface area (Å²) < 4.78 is 29.4. The van der Waals surface area contributed by atoms with E-state index in [2.05, 4.69) is 0 Å². The summed E-state index contributed by atoms with van der Waals surface area (Å²) >= 11 is 0. The van der Waals surface area contributed by atoms with Crippen molar-refractivity contribution in [1.82, 2.24) is 0 Å². The van der Waals surface area contributed by atoms with Crippen LogP contribution in [-0.2, 0) is 10.1 Å². The summed E-state index contributed by atoms with van der Waals surface area (Å²) in [5.41, 5.74) is 0. The van der Waals surface area contributed by atoms with Crippen molar-refractivity contribution < 1.29 is 13.0 Å². The van der Waals surface area contributed by atoms with Crippen molar-refractivity contribution in [3.63, 3.8) is 0 Å². The van der Waals surface area contributed by atoms with Gasteiger partial charge < -0.3 is 0 Å². The van der Waals surface area contributed by atoms with Gasteiger partial charge in [-0.1, -0.05) is 32.1 Å². The van der Waals surface area contributed by atoms with Gasteiger partial charge in [0.25, 0.3) is 10.1 Å². The fourth-order valence-corrected chi connectivity index (χ4v) is 2.42. The van der Waals surface area contributed by atoms with E-state index in [1.54, 1.807) is 0 Å². The summed E-state index contributed by atoms with van der Waals surface area (Å²) in [6.45, 7) is 0. The first-order chi connectivity index (χ1) is 5.58. The Hall–Kier alpha value is -0.0900. The Morgan fingerprint density at radius 2 is 1.75 bits per heavy atom. The van der Waals surface area contributed by atoms with E-state index in [4.69, 9.17) is 4.55 Å². The molecule has 0 amide bonds. The van der Waals surface area contributed by atoms with Crippen molar-refractivity contribution in [2.45, 2.75) is 38.5 Å². The predicted octanol–water partition coefficient (Wildman–Crippen LogP) is 1.84. The lowest BCUT2D eigenvalue weighted by atomic mass is 9.88. The van der Waals surface area contributed by atoms with Crippen LogP contribution in [0.1, 0.15) is 38.5 Å². The smallest absolute Gasteiger partial charge is 0.264 e. The summed E-state index contributed by atoms with van der Waals surface area (Å²) in [5.74, 6) is 0.471. The first kappa shape index (κ1) is 9.99. The molecule has 1 aliphatic carbocycles. The monoisotopic (exact) mass is 192 g/mol. The van der Waals surface area contributed by atoms with Crippen molar-refractivity contribution in [1.29, 1.82) is 0 Å². The van der Waals surface area contributed by atoms with Crippen LogP contribution < -0.4 is 0 Å². The van der Waals surface area contributed by atoms with Crippen LogP contribution in [0.15, 0.2) is 0 Å². The lowest BCUT2D eigenvalue weighted by molar-refractivity contribution is 0.346. The van der Waals surface area contributed by atoms with Gasteiger partial charge in [0, 0.05) is 0 Å². The Kier molecular flexibility index (Phi) is 3.53. The molecular formula is C8H16O3S. The van der Waals surface area contributed by atoms with E-state index in [9.17, 15) is 8.42 Å². The van der Waals surface area contributed by atoms with Gasteiger partial charge in [-0.05, 0) is 12.3 Å². The molecule has 0 aromatic carbocycles. The molecule has 0 saturated heterocycles. The maximum Gasteiger partial charge on any atom is 0.264 e. The first-order valence-corrected chi connectivity index (χ1v) is 6.14. The quantitative estimate of drug-likeness (QED) is 0.694. The molecule has 72 valence electrons. The molecule has 1 rings (SSSR count). The Balaban J connectivity index is 2.22. The van der Waals surface area contributed by atoms with Crippen LogP contribution in [0, 0.1) is 5.92 Å². The number of hydrogen-bond acceptors (Lipinski definition) is 2. The second-order valence-corrected chi connectivity index (χ2v) is 5.15. The third-order valence-electron chi connectivity index (χ3n) is 2.51. The second kappa shape index (κ2) is 4.23. The third kappa shape index (κ3) is 4.07. The van der Waals surface area contributed by atoms with E-state index in [1.807, 2.05) is 0 Å². The first-order valence-electron chi connectivity index (χ1n) is 4.53. The highest BCUT2D eigenvalue weighted by Gasteiger charge is 2.15. The molecule has 3 nitrogen and oxygen atoms in total. The SMILES string of the molecule is O=S(=O)(O)CCC1CCCCC1. The van der Waals surface area contributed by atoms with Gasteiger partial charge in [-0.15, -0.1) is 0 Å². The third-order valence-corrected chi connectivity index (χ3v) is 3.26. The van der Waals surface area contributed by atoms with Crippen LogP contribution in [0.25, 0.3) is 0 Å². The minimum atomic E-state index is -3.72. The summed E-state index contributed by atoms with van der Waals surface area (Å²) in [5, 5.41) is 0. The molecule has 0 unspecified atom stereocenters. The molecule has 1 aliphatic rings. The van der Waals surface area contributed by atoms with Crippen LogP contribution in [0.5, 0.6) is 0 Å². The summed E-state index contributed by atoms with van der Waals surface area (Å²) in [6, 6.07) is 0. The zero-order chi connectivity index (χ0) is 9.03. The van der Waals surface area contributed by atoms with Crippen LogP contribution in [0.4, 0.5) is 0 Å². The Bertz CT molecular complexity index is 214. The molecule has 4 heteroatoms. The summed E-state index contributed by atoms with van der Waals surface area (Å²) in [7, 11) is -3.72. The molecule has 1 fully saturated rings. The zero-order valence-electron chi connectivity index (χ0n) is 7.20. The van der Waals surface area contributed by atoms with E-state index in [-0.39, 0.29) is 5.75 Å². The van der Waals surface area contributed by atoms with Gasteiger partial charge in [0.1, 0.15) is 0 Å². The van der Waals surface area contributed by atoms with E-state index >= 15 is 0 Å². The molecule has 1 N–H and O–H groups in total. The minimum absolute atomic E-state index is 0.0579. The molecule has 0 spiro atoms. The summed E-state index contributed by atoms with van der Waals surface area (Å²) in [4.78, 5) is 0. The maximum absolute atomic E-state index is 10.4. The van der Waals surface area contributed by atoms with Crippen molar-refractivity contribution in [2.75, 3.05) is 5.75 Å². The zero-order valence-corrected chi connectivity index (χ0v) is 8.02. The van der Waals surface area contributed by atoms with Gasteiger partial charge >= 0.3 is 0 Å². The van der Waals surface area contributed by atoms with Crippen molar-refractivity contribution in [3.05, 3.63) is 0 Å². The van der Waals surface area contributed by atoms with E-state index in [0.29, 0.717) is 12.3 Å². The lowest BCUT2D eigenvalue weighted by Crippen LogP contribution is -2.12. The average Bonchev–Trinajstić information content (AvgIpc) is 2.02. The fourth-order valence-electron chi connectivity index (χ4n) is 1.79. The van der Waals surface area contributed by atoms with Crippen molar-refractivity contribution in [2.24, 2.45) is 5.92 Å². The van der Waals surface area contributed by atoms with E-state index in [0.717, 1.165) is 12.8 Å². The molecule has 1 saturated carbocycles. The molecule has 0 aliphatic heterocycles. The molecule has 0 atom stereocenters. The van der Waals surface area contributed by atoms with Crippen LogP contribution in [-0.4, -0.2) is 18.7 Å². The molecule has 0 radical (unpaired) electrons. The normalized spacial score (nSPS) is 21.1. The van der Waals surface area contributed by atoms with Crippen LogP contribution in [0.3, 0.4) is 0 Å².